The molecule has 18 heavy (non-hydrogen) atoms. The van der Waals surface area contributed by atoms with E-state index in [4.69, 9.17) is 22.1 Å². The number of halogens is 1. The zero-order valence-electron chi connectivity index (χ0n) is 9.81. The SMILES string of the molecule is Cc1cccc(Oc2ccc(Cl)cc2C(N)=O)c1. The number of aryl methyl sites for hydroxylation is 1. The summed E-state index contributed by atoms with van der Waals surface area (Å²) in [4.78, 5) is 11.3. The highest BCUT2D eigenvalue weighted by atomic mass is 35.5. The maximum Gasteiger partial charge on any atom is 0.252 e. The molecule has 0 aliphatic rings. The van der Waals surface area contributed by atoms with Gasteiger partial charge in [-0.2, -0.15) is 0 Å². The minimum atomic E-state index is -0.569. The predicted molar refractivity (Wildman–Crippen MR) is 71.2 cm³/mol. The third-order valence-corrected chi connectivity index (χ3v) is 2.66. The first-order valence-electron chi connectivity index (χ1n) is 5.40. The molecule has 0 bridgehead atoms. The molecule has 2 aromatic carbocycles. The van der Waals surface area contributed by atoms with Crippen molar-refractivity contribution in [3.8, 4) is 11.5 Å². The van der Waals surface area contributed by atoms with Crippen LogP contribution in [0.25, 0.3) is 0 Å². The fraction of sp³-hybridized carbons (Fsp3) is 0.0714. The monoisotopic (exact) mass is 261 g/mol. The van der Waals surface area contributed by atoms with Gasteiger partial charge in [0.1, 0.15) is 11.5 Å². The van der Waals surface area contributed by atoms with Crippen LogP contribution in [0.4, 0.5) is 0 Å². The number of carbonyl (C=O) groups excluding carboxylic acids is 1. The zero-order chi connectivity index (χ0) is 13.1. The number of carbonyl (C=O) groups is 1. The van der Waals surface area contributed by atoms with Gasteiger partial charge >= 0.3 is 0 Å². The maximum atomic E-state index is 11.3. The number of amides is 1. The fourth-order valence-electron chi connectivity index (χ4n) is 1.59. The lowest BCUT2D eigenvalue weighted by Gasteiger charge is -2.10. The quantitative estimate of drug-likeness (QED) is 0.919. The summed E-state index contributed by atoms with van der Waals surface area (Å²) in [5, 5.41) is 0.445. The summed E-state index contributed by atoms with van der Waals surface area (Å²) in [6, 6.07) is 12.3. The second-order valence-electron chi connectivity index (χ2n) is 3.92. The molecule has 0 fully saturated rings. The number of hydrogen-bond donors (Lipinski definition) is 1. The van der Waals surface area contributed by atoms with Gasteiger partial charge in [0.05, 0.1) is 5.56 Å². The van der Waals surface area contributed by atoms with Crippen LogP contribution in [-0.4, -0.2) is 5.91 Å². The average molecular weight is 262 g/mol. The number of nitrogens with two attached hydrogens (primary N) is 1. The van der Waals surface area contributed by atoms with Crippen molar-refractivity contribution in [3.63, 3.8) is 0 Å². The molecule has 2 aromatic rings. The Hall–Kier alpha value is -2.00. The molecule has 0 spiro atoms. The number of hydrogen-bond acceptors (Lipinski definition) is 2. The van der Waals surface area contributed by atoms with Gasteiger partial charge in [0, 0.05) is 5.02 Å². The van der Waals surface area contributed by atoms with E-state index in [9.17, 15) is 4.79 Å². The van der Waals surface area contributed by atoms with Crippen LogP contribution in [0, 0.1) is 6.92 Å². The molecule has 92 valence electrons. The third-order valence-electron chi connectivity index (χ3n) is 2.42. The Bertz CT molecular complexity index is 596. The lowest BCUT2D eigenvalue weighted by atomic mass is 10.2. The minimum absolute atomic E-state index is 0.268. The highest BCUT2D eigenvalue weighted by Crippen LogP contribution is 2.28. The Morgan fingerprint density at radius 1 is 1.22 bits per heavy atom. The molecule has 0 saturated heterocycles. The van der Waals surface area contributed by atoms with E-state index in [0.717, 1.165) is 5.56 Å². The highest BCUT2D eigenvalue weighted by Gasteiger charge is 2.11. The molecule has 0 aliphatic carbocycles. The first-order valence-corrected chi connectivity index (χ1v) is 5.78. The molecule has 2 N–H and O–H groups in total. The van der Waals surface area contributed by atoms with E-state index < -0.39 is 5.91 Å². The smallest absolute Gasteiger partial charge is 0.252 e. The maximum absolute atomic E-state index is 11.3. The Labute approximate surface area is 110 Å². The van der Waals surface area contributed by atoms with Gasteiger partial charge in [0.2, 0.25) is 0 Å². The Balaban J connectivity index is 2.37. The third kappa shape index (κ3) is 2.81. The van der Waals surface area contributed by atoms with Crippen LogP contribution in [0.2, 0.25) is 5.02 Å². The van der Waals surface area contributed by atoms with Gasteiger partial charge in [0.15, 0.2) is 0 Å². The van der Waals surface area contributed by atoms with E-state index in [1.165, 1.54) is 6.07 Å². The topological polar surface area (TPSA) is 52.3 Å². The zero-order valence-corrected chi connectivity index (χ0v) is 10.6. The number of ether oxygens (including phenoxy) is 1. The van der Waals surface area contributed by atoms with Crippen molar-refractivity contribution >= 4 is 17.5 Å². The second kappa shape index (κ2) is 5.10. The van der Waals surface area contributed by atoms with E-state index in [-0.39, 0.29) is 5.56 Å². The van der Waals surface area contributed by atoms with Crippen LogP contribution in [-0.2, 0) is 0 Å². The molecule has 0 atom stereocenters. The van der Waals surface area contributed by atoms with Crippen molar-refractivity contribution in [2.24, 2.45) is 5.73 Å². The highest BCUT2D eigenvalue weighted by molar-refractivity contribution is 6.31. The second-order valence-corrected chi connectivity index (χ2v) is 4.36. The summed E-state index contributed by atoms with van der Waals surface area (Å²) in [6.45, 7) is 1.96. The first kappa shape index (κ1) is 12.5. The Morgan fingerprint density at radius 3 is 2.67 bits per heavy atom. The number of benzene rings is 2. The van der Waals surface area contributed by atoms with Crippen molar-refractivity contribution in [1.29, 1.82) is 0 Å². The fourth-order valence-corrected chi connectivity index (χ4v) is 1.76. The predicted octanol–water partition coefficient (Wildman–Crippen LogP) is 3.54. The van der Waals surface area contributed by atoms with Gasteiger partial charge in [-0.05, 0) is 42.8 Å². The molecule has 2 rings (SSSR count). The van der Waals surface area contributed by atoms with Crippen molar-refractivity contribution in [1.82, 2.24) is 0 Å². The van der Waals surface area contributed by atoms with Gasteiger partial charge in [-0.15, -0.1) is 0 Å². The van der Waals surface area contributed by atoms with Crippen molar-refractivity contribution in [3.05, 3.63) is 58.6 Å². The van der Waals surface area contributed by atoms with E-state index in [1.807, 2.05) is 31.2 Å². The van der Waals surface area contributed by atoms with Crippen LogP contribution >= 0.6 is 11.6 Å². The minimum Gasteiger partial charge on any atom is -0.457 e. The lowest BCUT2D eigenvalue weighted by molar-refractivity contribution is 0.0998. The average Bonchev–Trinajstić information content (AvgIpc) is 2.31. The molecule has 1 amide bonds. The van der Waals surface area contributed by atoms with Crippen LogP contribution in [0.1, 0.15) is 15.9 Å². The van der Waals surface area contributed by atoms with Gasteiger partial charge in [-0.25, -0.2) is 0 Å². The summed E-state index contributed by atoms with van der Waals surface area (Å²) < 4.78 is 5.65. The Kier molecular flexibility index (Phi) is 3.53. The summed E-state index contributed by atoms with van der Waals surface area (Å²) in [6.07, 6.45) is 0. The van der Waals surface area contributed by atoms with E-state index in [1.54, 1.807) is 12.1 Å². The standard InChI is InChI=1S/C14H12ClNO2/c1-9-3-2-4-11(7-9)18-13-6-5-10(15)8-12(13)14(16)17/h2-8H,1H3,(H2,16,17). The van der Waals surface area contributed by atoms with Gasteiger partial charge < -0.3 is 10.5 Å². The van der Waals surface area contributed by atoms with Crippen LogP contribution in [0.3, 0.4) is 0 Å². The normalized spacial score (nSPS) is 10.1. The lowest BCUT2D eigenvalue weighted by Crippen LogP contribution is -2.12. The largest absolute Gasteiger partial charge is 0.457 e. The molecule has 4 heteroatoms. The summed E-state index contributed by atoms with van der Waals surface area (Å²) in [5.41, 5.74) is 6.63. The molecule has 0 radical (unpaired) electrons. The van der Waals surface area contributed by atoms with Crippen LogP contribution in [0.15, 0.2) is 42.5 Å². The van der Waals surface area contributed by atoms with Gasteiger partial charge in [-0.3, -0.25) is 4.79 Å². The number of primary amides is 1. The molecule has 0 saturated carbocycles. The van der Waals surface area contributed by atoms with Crippen molar-refractivity contribution < 1.29 is 9.53 Å². The molecule has 0 aliphatic heterocycles. The molecule has 0 aromatic heterocycles. The van der Waals surface area contributed by atoms with Crippen LogP contribution < -0.4 is 10.5 Å². The van der Waals surface area contributed by atoms with Gasteiger partial charge in [0.25, 0.3) is 5.91 Å². The van der Waals surface area contributed by atoms with E-state index in [0.29, 0.717) is 16.5 Å². The molecule has 0 unspecified atom stereocenters. The molecule has 3 nitrogen and oxygen atoms in total. The molecule has 0 heterocycles. The Morgan fingerprint density at radius 2 is 2.00 bits per heavy atom. The van der Waals surface area contributed by atoms with E-state index in [2.05, 4.69) is 0 Å². The molecular weight excluding hydrogens is 250 g/mol. The molecular formula is C14H12ClNO2. The summed E-state index contributed by atoms with van der Waals surface area (Å²) in [7, 11) is 0. The van der Waals surface area contributed by atoms with Crippen molar-refractivity contribution in [2.45, 2.75) is 6.92 Å². The number of rotatable bonds is 3. The van der Waals surface area contributed by atoms with Gasteiger partial charge in [-0.1, -0.05) is 23.7 Å². The summed E-state index contributed by atoms with van der Waals surface area (Å²) in [5.74, 6) is 0.484. The summed E-state index contributed by atoms with van der Waals surface area (Å²) >= 11 is 5.83. The first-order chi connectivity index (χ1) is 8.56. The van der Waals surface area contributed by atoms with Crippen LogP contribution in [0.5, 0.6) is 11.5 Å². The van der Waals surface area contributed by atoms with E-state index >= 15 is 0 Å². The van der Waals surface area contributed by atoms with Crippen molar-refractivity contribution in [2.75, 3.05) is 0 Å².